The third kappa shape index (κ3) is 3.01. The van der Waals surface area contributed by atoms with Crippen LogP contribution >= 0.6 is 0 Å². The maximum atomic E-state index is 13.0. The largest absolute Gasteiger partial charge is 0.465 e. The lowest BCUT2D eigenvalue weighted by Gasteiger charge is -2.34. The number of urea groups is 1. The molecule has 0 saturated carbocycles. The Hall–Kier alpha value is -2.94. The zero-order chi connectivity index (χ0) is 18.9. The van der Waals surface area contributed by atoms with Crippen molar-refractivity contribution in [3.8, 4) is 0 Å². The van der Waals surface area contributed by atoms with Crippen LogP contribution in [-0.2, 0) is 19.6 Å². The average molecular weight is 375 g/mol. The number of hydrogen-bond acceptors (Lipinski definition) is 6. The lowest BCUT2D eigenvalue weighted by atomic mass is 10.2. The Labute approximate surface area is 151 Å². The van der Waals surface area contributed by atoms with Gasteiger partial charge in [0.1, 0.15) is 11.4 Å². The minimum atomic E-state index is -4.22. The number of amides is 2. The molecule has 0 atom stereocenters. The molecule has 0 spiro atoms. The normalized spacial score (nSPS) is 15.5. The number of nitrogens with zero attached hydrogens (tertiary/aromatic N) is 3. The Balaban J connectivity index is 2.14. The number of esters is 1. The van der Waals surface area contributed by atoms with Crippen molar-refractivity contribution in [2.75, 3.05) is 18.1 Å². The third-order valence-electron chi connectivity index (χ3n) is 3.81. The van der Waals surface area contributed by atoms with Crippen LogP contribution in [0.5, 0.6) is 0 Å². The zero-order valence-electron chi connectivity index (χ0n) is 14.2. The Kier molecular flexibility index (Phi) is 4.64. The van der Waals surface area contributed by atoms with Crippen molar-refractivity contribution in [3.05, 3.63) is 48.2 Å². The topological polar surface area (TPSA) is 96.9 Å². The van der Waals surface area contributed by atoms with Gasteiger partial charge >= 0.3 is 12.0 Å². The molecule has 1 aromatic heterocycles. The number of aryl methyl sites for hydroxylation is 1. The standard InChI is InChI=1S/C17H17N3O5S/c1-3-25-15(21)11-19-17(22)20(13-8-6-12(2)7-9-13)16-14(26(19,23)24)5-4-10-18-16/h4-10H,3,11H2,1-2H3. The molecule has 8 nitrogen and oxygen atoms in total. The van der Waals surface area contributed by atoms with Crippen molar-refractivity contribution < 1.29 is 22.7 Å². The van der Waals surface area contributed by atoms with Crippen LogP contribution < -0.4 is 4.90 Å². The first-order chi connectivity index (χ1) is 12.4. The SMILES string of the molecule is CCOC(=O)CN1C(=O)N(c2ccc(C)cc2)c2ncccc2S1(=O)=O. The molecule has 1 aliphatic rings. The number of fused-ring (bicyclic) bond motifs is 1. The van der Waals surface area contributed by atoms with Gasteiger partial charge in [0.15, 0.2) is 5.82 Å². The second kappa shape index (κ2) is 6.75. The van der Waals surface area contributed by atoms with Gasteiger partial charge in [-0.15, -0.1) is 0 Å². The second-order valence-electron chi connectivity index (χ2n) is 5.60. The molecule has 1 aromatic carbocycles. The van der Waals surface area contributed by atoms with Crippen molar-refractivity contribution >= 4 is 33.5 Å². The number of aromatic nitrogens is 1. The van der Waals surface area contributed by atoms with E-state index in [4.69, 9.17) is 4.74 Å². The number of sulfonamides is 1. The highest BCUT2D eigenvalue weighted by Crippen LogP contribution is 2.37. The fourth-order valence-corrected chi connectivity index (χ4v) is 4.00. The van der Waals surface area contributed by atoms with Crippen LogP contribution in [0.2, 0.25) is 0 Å². The molecule has 9 heteroatoms. The average Bonchev–Trinajstić information content (AvgIpc) is 2.61. The summed E-state index contributed by atoms with van der Waals surface area (Å²) in [5.74, 6) is -0.804. The van der Waals surface area contributed by atoms with Crippen LogP contribution in [0.1, 0.15) is 12.5 Å². The first-order valence-corrected chi connectivity index (χ1v) is 9.34. The molecular weight excluding hydrogens is 358 g/mol. The molecule has 2 aromatic rings. The van der Waals surface area contributed by atoms with Crippen LogP contribution in [0.3, 0.4) is 0 Å². The quantitative estimate of drug-likeness (QED) is 0.760. The number of hydrogen-bond donors (Lipinski definition) is 0. The predicted octanol–water partition coefficient (Wildman–Crippen LogP) is 2.22. The summed E-state index contributed by atoms with van der Waals surface area (Å²) < 4.78 is 30.9. The van der Waals surface area contributed by atoms with Crippen molar-refractivity contribution in [1.29, 1.82) is 0 Å². The van der Waals surface area contributed by atoms with Crippen LogP contribution in [0.4, 0.5) is 16.3 Å². The molecule has 3 rings (SSSR count). The number of benzene rings is 1. The van der Waals surface area contributed by atoms with Crippen molar-refractivity contribution in [2.24, 2.45) is 0 Å². The van der Waals surface area contributed by atoms with Gasteiger partial charge in [0, 0.05) is 6.20 Å². The van der Waals surface area contributed by atoms with E-state index in [2.05, 4.69) is 4.98 Å². The summed E-state index contributed by atoms with van der Waals surface area (Å²) in [6.45, 7) is 2.88. The van der Waals surface area contributed by atoms with E-state index < -0.39 is 28.6 Å². The van der Waals surface area contributed by atoms with Gasteiger partial charge < -0.3 is 4.74 Å². The molecule has 2 heterocycles. The number of ether oxygens (including phenoxy) is 1. The molecule has 136 valence electrons. The molecule has 0 unspecified atom stereocenters. The van der Waals surface area contributed by atoms with Crippen LogP contribution in [0.15, 0.2) is 47.5 Å². The van der Waals surface area contributed by atoms with Gasteiger partial charge in [-0.2, -0.15) is 0 Å². The Morgan fingerprint density at radius 1 is 1.19 bits per heavy atom. The summed E-state index contributed by atoms with van der Waals surface area (Å²) in [7, 11) is -4.22. The maximum Gasteiger partial charge on any atom is 0.344 e. The smallest absolute Gasteiger partial charge is 0.344 e. The van der Waals surface area contributed by atoms with E-state index in [-0.39, 0.29) is 17.3 Å². The lowest BCUT2D eigenvalue weighted by Crippen LogP contribution is -2.51. The van der Waals surface area contributed by atoms with Crippen molar-refractivity contribution in [1.82, 2.24) is 9.29 Å². The van der Waals surface area contributed by atoms with E-state index in [9.17, 15) is 18.0 Å². The molecule has 0 aliphatic carbocycles. The maximum absolute atomic E-state index is 13.0. The molecule has 1 aliphatic heterocycles. The van der Waals surface area contributed by atoms with E-state index in [0.29, 0.717) is 9.99 Å². The lowest BCUT2D eigenvalue weighted by molar-refractivity contribution is -0.142. The van der Waals surface area contributed by atoms with E-state index in [1.54, 1.807) is 31.2 Å². The van der Waals surface area contributed by atoms with Gasteiger partial charge in [-0.1, -0.05) is 17.7 Å². The van der Waals surface area contributed by atoms with Crippen LogP contribution in [0.25, 0.3) is 0 Å². The summed E-state index contributed by atoms with van der Waals surface area (Å²) in [4.78, 5) is 29.9. The van der Waals surface area contributed by atoms with Gasteiger partial charge in [0.25, 0.3) is 10.0 Å². The van der Waals surface area contributed by atoms with Crippen molar-refractivity contribution in [3.63, 3.8) is 0 Å². The monoisotopic (exact) mass is 375 g/mol. The van der Waals surface area contributed by atoms with E-state index in [1.807, 2.05) is 6.92 Å². The fourth-order valence-electron chi connectivity index (χ4n) is 2.58. The Morgan fingerprint density at radius 3 is 2.54 bits per heavy atom. The molecule has 26 heavy (non-hydrogen) atoms. The Morgan fingerprint density at radius 2 is 1.88 bits per heavy atom. The summed E-state index contributed by atoms with van der Waals surface area (Å²) in [6.07, 6.45) is 1.41. The van der Waals surface area contributed by atoms with Gasteiger partial charge in [0.2, 0.25) is 0 Å². The predicted molar refractivity (Wildman–Crippen MR) is 93.5 cm³/mol. The van der Waals surface area contributed by atoms with Gasteiger partial charge in [-0.05, 0) is 38.1 Å². The molecule has 0 N–H and O–H groups in total. The Bertz CT molecular complexity index is 957. The highest BCUT2D eigenvalue weighted by atomic mass is 32.2. The molecule has 0 radical (unpaired) electrons. The highest BCUT2D eigenvalue weighted by molar-refractivity contribution is 7.90. The zero-order valence-corrected chi connectivity index (χ0v) is 15.1. The van der Waals surface area contributed by atoms with E-state index in [1.165, 1.54) is 23.2 Å². The minimum absolute atomic E-state index is 0.00135. The van der Waals surface area contributed by atoms with E-state index in [0.717, 1.165) is 5.56 Å². The van der Waals surface area contributed by atoms with Crippen molar-refractivity contribution in [2.45, 2.75) is 18.7 Å². The van der Waals surface area contributed by atoms with Gasteiger partial charge in [-0.3, -0.25) is 4.79 Å². The highest BCUT2D eigenvalue weighted by Gasteiger charge is 2.44. The first-order valence-electron chi connectivity index (χ1n) is 7.90. The second-order valence-corrected chi connectivity index (χ2v) is 7.43. The summed E-state index contributed by atoms with van der Waals surface area (Å²) in [6, 6.07) is 8.89. The minimum Gasteiger partial charge on any atom is -0.465 e. The molecule has 0 fully saturated rings. The molecule has 0 bridgehead atoms. The number of pyridine rings is 1. The first kappa shape index (κ1) is 17.9. The van der Waals surface area contributed by atoms with Gasteiger partial charge in [0.05, 0.1) is 12.3 Å². The molecular formula is C17H17N3O5S. The number of rotatable bonds is 4. The van der Waals surface area contributed by atoms with E-state index >= 15 is 0 Å². The number of anilines is 2. The van der Waals surface area contributed by atoms with Crippen LogP contribution in [-0.4, -0.2) is 42.9 Å². The summed E-state index contributed by atoms with van der Waals surface area (Å²) in [5, 5.41) is 0. The van der Waals surface area contributed by atoms with Gasteiger partial charge in [-0.25, -0.2) is 27.4 Å². The summed E-state index contributed by atoms with van der Waals surface area (Å²) in [5.41, 5.74) is 1.43. The third-order valence-corrected chi connectivity index (χ3v) is 5.55. The molecule has 2 amide bonds. The summed E-state index contributed by atoms with van der Waals surface area (Å²) >= 11 is 0. The number of carbonyl (C=O) groups is 2. The molecule has 0 saturated heterocycles. The number of carbonyl (C=O) groups excluding carboxylic acids is 2. The van der Waals surface area contributed by atoms with Crippen LogP contribution in [0, 0.1) is 6.92 Å². The fraction of sp³-hybridized carbons (Fsp3) is 0.235.